The second kappa shape index (κ2) is 5.90. The van der Waals surface area contributed by atoms with E-state index in [1.165, 1.54) is 0 Å². The van der Waals surface area contributed by atoms with Crippen molar-refractivity contribution in [3.8, 4) is 5.75 Å². The van der Waals surface area contributed by atoms with E-state index < -0.39 is 0 Å². The highest BCUT2D eigenvalue weighted by Crippen LogP contribution is 2.12. The van der Waals surface area contributed by atoms with Gasteiger partial charge in [0.15, 0.2) is 0 Å². The minimum Gasteiger partial charge on any atom is -0.497 e. The van der Waals surface area contributed by atoms with Crippen LogP contribution in [0.1, 0.15) is 5.56 Å². The van der Waals surface area contributed by atoms with E-state index in [0.29, 0.717) is 13.0 Å². The third-order valence-electron chi connectivity index (χ3n) is 2.04. The number of hydrogen-bond acceptors (Lipinski definition) is 3. The molecule has 80 valence electrons. The van der Waals surface area contributed by atoms with Crippen molar-refractivity contribution in [1.29, 1.82) is 0 Å². The number of nitrogens with zero attached hydrogens (tertiary/aromatic N) is 3. The Kier molecular flexibility index (Phi) is 4.47. The Labute approximate surface area is 88.5 Å². The SMILES string of the molecule is COc1ccc(CC(N)CN=[N+]=[N-])cc1. The van der Waals surface area contributed by atoms with Crippen LogP contribution >= 0.6 is 0 Å². The van der Waals surface area contributed by atoms with Gasteiger partial charge in [0.05, 0.1) is 7.11 Å². The lowest BCUT2D eigenvalue weighted by Gasteiger charge is -2.08. The molecule has 1 atom stereocenters. The Morgan fingerprint density at radius 3 is 2.67 bits per heavy atom. The van der Waals surface area contributed by atoms with E-state index >= 15 is 0 Å². The van der Waals surface area contributed by atoms with Gasteiger partial charge in [-0.15, -0.1) is 0 Å². The van der Waals surface area contributed by atoms with Crippen molar-refractivity contribution in [2.45, 2.75) is 12.5 Å². The molecular weight excluding hydrogens is 192 g/mol. The van der Waals surface area contributed by atoms with Gasteiger partial charge in [-0.05, 0) is 29.6 Å². The summed E-state index contributed by atoms with van der Waals surface area (Å²) >= 11 is 0. The monoisotopic (exact) mass is 206 g/mol. The summed E-state index contributed by atoms with van der Waals surface area (Å²) < 4.78 is 5.04. The number of benzene rings is 1. The van der Waals surface area contributed by atoms with Gasteiger partial charge in [-0.1, -0.05) is 17.2 Å². The summed E-state index contributed by atoms with van der Waals surface area (Å²) in [6.07, 6.45) is 0.697. The van der Waals surface area contributed by atoms with Gasteiger partial charge in [0.1, 0.15) is 5.75 Å². The smallest absolute Gasteiger partial charge is 0.118 e. The van der Waals surface area contributed by atoms with Crippen LogP contribution in [0.25, 0.3) is 10.4 Å². The molecule has 0 radical (unpaired) electrons. The summed E-state index contributed by atoms with van der Waals surface area (Å²) in [6.45, 7) is 0.322. The second-order valence-electron chi connectivity index (χ2n) is 3.23. The van der Waals surface area contributed by atoms with Crippen LogP contribution in [0.15, 0.2) is 29.4 Å². The van der Waals surface area contributed by atoms with Crippen molar-refractivity contribution in [3.05, 3.63) is 40.3 Å². The maximum atomic E-state index is 8.14. The molecule has 2 N–H and O–H groups in total. The molecule has 0 saturated heterocycles. The van der Waals surface area contributed by atoms with Crippen LogP contribution in [0.5, 0.6) is 5.75 Å². The average molecular weight is 206 g/mol. The van der Waals surface area contributed by atoms with E-state index in [-0.39, 0.29) is 6.04 Å². The number of rotatable bonds is 5. The highest BCUT2D eigenvalue weighted by Gasteiger charge is 2.02. The first-order valence-corrected chi connectivity index (χ1v) is 4.65. The van der Waals surface area contributed by atoms with Gasteiger partial charge < -0.3 is 10.5 Å². The topological polar surface area (TPSA) is 84.0 Å². The minimum atomic E-state index is -0.130. The second-order valence-corrected chi connectivity index (χ2v) is 3.23. The zero-order chi connectivity index (χ0) is 11.1. The van der Waals surface area contributed by atoms with Gasteiger partial charge in [-0.3, -0.25) is 0 Å². The van der Waals surface area contributed by atoms with Gasteiger partial charge in [0, 0.05) is 17.5 Å². The molecule has 0 aromatic heterocycles. The Morgan fingerprint density at radius 2 is 2.13 bits per heavy atom. The van der Waals surface area contributed by atoms with Crippen molar-refractivity contribution in [3.63, 3.8) is 0 Å². The predicted molar refractivity (Wildman–Crippen MR) is 58.7 cm³/mol. The zero-order valence-corrected chi connectivity index (χ0v) is 8.63. The lowest BCUT2D eigenvalue weighted by molar-refractivity contribution is 0.414. The van der Waals surface area contributed by atoms with Crippen LogP contribution in [0, 0.1) is 0 Å². The molecule has 0 fully saturated rings. The quantitative estimate of drug-likeness (QED) is 0.453. The molecule has 0 bridgehead atoms. The molecule has 15 heavy (non-hydrogen) atoms. The normalized spacial score (nSPS) is 11.6. The molecule has 0 heterocycles. The van der Waals surface area contributed by atoms with E-state index in [9.17, 15) is 0 Å². The first-order valence-electron chi connectivity index (χ1n) is 4.65. The standard InChI is InChI=1S/C10H14N4O/c1-15-10-4-2-8(3-5-10)6-9(11)7-13-14-12/h2-5,9H,6-7,11H2,1H3. The van der Waals surface area contributed by atoms with Gasteiger partial charge in [-0.2, -0.15) is 0 Å². The van der Waals surface area contributed by atoms with Crippen LogP contribution < -0.4 is 10.5 Å². The molecule has 0 spiro atoms. The van der Waals surface area contributed by atoms with E-state index in [4.69, 9.17) is 16.0 Å². The fourth-order valence-electron chi connectivity index (χ4n) is 1.27. The average Bonchev–Trinajstić information content (AvgIpc) is 2.27. The fourth-order valence-corrected chi connectivity index (χ4v) is 1.27. The first-order chi connectivity index (χ1) is 7.26. The Balaban J connectivity index is 2.52. The van der Waals surface area contributed by atoms with Crippen LogP contribution in [-0.4, -0.2) is 19.7 Å². The molecule has 0 aliphatic carbocycles. The molecule has 1 unspecified atom stereocenters. The maximum Gasteiger partial charge on any atom is 0.118 e. The Morgan fingerprint density at radius 1 is 1.47 bits per heavy atom. The van der Waals surface area contributed by atoms with Crippen molar-refractivity contribution in [2.75, 3.05) is 13.7 Å². The van der Waals surface area contributed by atoms with Gasteiger partial charge in [0.2, 0.25) is 0 Å². The lowest BCUT2D eigenvalue weighted by atomic mass is 10.1. The van der Waals surface area contributed by atoms with Crippen LogP contribution in [0.3, 0.4) is 0 Å². The molecule has 0 saturated carbocycles. The Bertz CT molecular complexity index is 343. The summed E-state index contributed by atoms with van der Waals surface area (Å²) in [5.74, 6) is 0.822. The van der Waals surface area contributed by atoms with E-state index in [0.717, 1.165) is 11.3 Å². The van der Waals surface area contributed by atoms with Gasteiger partial charge in [-0.25, -0.2) is 0 Å². The maximum absolute atomic E-state index is 8.14. The fraction of sp³-hybridized carbons (Fsp3) is 0.400. The van der Waals surface area contributed by atoms with Crippen LogP contribution in [0.4, 0.5) is 0 Å². The molecule has 5 heteroatoms. The molecule has 1 aromatic rings. The van der Waals surface area contributed by atoms with E-state index in [1.54, 1.807) is 7.11 Å². The van der Waals surface area contributed by atoms with E-state index in [2.05, 4.69) is 10.0 Å². The number of nitrogens with two attached hydrogens (primary N) is 1. The zero-order valence-electron chi connectivity index (χ0n) is 8.63. The molecule has 0 amide bonds. The number of methoxy groups -OCH3 is 1. The summed E-state index contributed by atoms with van der Waals surface area (Å²) in [7, 11) is 1.63. The summed E-state index contributed by atoms with van der Waals surface area (Å²) in [5.41, 5.74) is 15.0. The third-order valence-corrected chi connectivity index (χ3v) is 2.04. The van der Waals surface area contributed by atoms with Crippen LogP contribution in [-0.2, 0) is 6.42 Å². The number of hydrogen-bond donors (Lipinski definition) is 1. The Hall–Kier alpha value is -1.71. The molecule has 0 aliphatic rings. The molecule has 5 nitrogen and oxygen atoms in total. The summed E-state index contributed by atoms with van der Waals surface area (Å²) in [4.78, 5) is 2.67. The van der Waals surface area contributed by atoms with Gasteiger partial charge >= 0.3 is 0 Å². The molecule has 1 aromatic carbocycles. The van der Waals surface area contributed by atoms with Crippen molar-refractivity contribution < 1.29 is 4.74 Å². The van der Waals surface area contributed by atoms with Crippen molar-refractivity contribution in [2.24, 2.45) is 10.8 Å². The first kappa shape index (κ1) is 11.4. The van der Waals surface area contributed by atoms with Crippen molar-refractivity contribution in [1.82, 2.24) is 0 Å². The minimum absolute atomic E-state index is 0.130. The van der Waals surface area contributed by atoms with E-state index in [1.807, 2.05) is 24.3 Å². The number of azide groups is 1. The molecule has 0 aliphatic heterocycles. The highest BCUT2D eigenvalue weighted by atomic mass is 16.5. The summed E-state index contributed by atoms with van der Waals surface area (Å²) in [6, 6.07) is 7.55. The third kappa shape index (κ3) is 3.89. The van der Waals surface area contributed by atoms with Crippen LogP contribution in [0.2, 0.25) is 0 Å². The highest BCUT2D eigenvalue weighted by molar-refractivity contribution is 5.27. The van der Waals surface area contributed by atoms with Crippen molar-refractivity contribution >= 4 is 0 Å². The number of ether oxygens (including phenoxy) is 1. The van der Waals surface area contributed by atoms with Gasteiger partial charge in [0.25, 0.3) is 0 Å². The molecule has 1 rings (SSSR count). The predicted octanol–water partition coefficient (Wildman–Crippen LogP) is 1.88. The molecular formula is C10H14N4O. The lowest BCUT2D eigenvalue weighted by Crippen LogP contribution is -2.25. The largest absolute Gasteiger partial charge is 0.497 e. The summed E-state index contributed by atoms with van der Waals surface area (Å²) in [5, 5.41) is 3.43.